The first kappa shape index (κ1) is 13.0. The van der Waals surface area contributed by atoms with Crippen molar-refractivity contribution in [2.45, 2.75) is 39.7 Å². The second-order valence-corrected chi connectivity index (χ2v) is 5.06. The molecular weight excluding hydrogens is 220 g/mol. The van der Waals surface area contributed by atoms with Crippen LogP contribution in [-0.4, -0.2) is 12.0 Å². The van der Waals surface area contributed by atoms with Crippen LogP contribution in [0.25, 0.3) is 10.9 Å². The first-order valence-corrected chi connectivity index (χ1v) is 6.73. The molecule has 1 aromatic heterocycles. The molecule has 0 fully saturated rings. The van der Waals surface area contributed by atoms with E-state index < -0.39 is 0 Å². The van der Waals surface area contributed by atoms with Crippen molar-refractivity contribution in [1.29, 1.82) is 0 Å². The highest BCUT2D eigenvalue weighted by Gasteiger charge is 2.10. The average Bonchev–Trinajstić information content (AvgIpc) is 2.38. The van der Waals surface area contributed by atoms with E-state index in [9.17, 15) is 0 Å². The van der Waals surface area contributed by atoms with Crippen LogP contribution >= 0.6 is 0 Å². The van der Waals surface area contributed by atoms with Gasteiger partial charge in [0.2, 0.25) is 0 Å². The Labute approximate surface area is 109 Å². The zero-order chi connectivity index (χ0) is 13.1. The smallest absolute Gasteiger partial charge is 0.0740 e. The third-order valence-electron chi connectivity index (χ3n) is 3.37. The van der Waals surface area contributed by atoms with E-state index in [1.165, 1.54) is 27.7 Å². The number of pyridine rings is 1. The van der Waals surface area contributed by atoms with Gasteiger partial charge >= 0.3 is 0 Å². The van der Waals surface area contributed by atoms with Gasteiger partial charge in [0.05, 0.1) is 5.52 Å². The van der Waals surface area contributed by atoms with Gasteiger partial charge in [0.25, 0.3) is 0 Å². The van der Waals surface area contributed by atoms with E-state index in [1.54, 1.807) is 0 Å². The van der Waals surface area contributed by atoms with Crippen molar-refractivity contribution in [2.24, 2.45) is 0 Å². The minimum atomic E-state index is 0.468. The standard InChI is InChI=1S/C16H22N2/c1-5-12-7-6-8-14-13(10-17-4)9-15(11(2)3)18-16(12)14/h6-9,11,17H,5,10H2,1-4H3. The minimum Gasteiger partial charge on any atom is -0.316 e. The van der Waals surface area contributed by atoms with Crippen LogP contribution in [0, 0.1) is 0 Å². The Kier molecular flexibility index (Phi) is 3.97. The molecule has 0 unspecified atom stereocenters. The molecule has 1 N–H and O–H groups in total. The molecule has 0 aliphatic rings. The Morgan fingerprint density at radius 1 is 1.22 bits per heavy atom. The van der Waals surface area contributed by atoms with Crippen molar-refractivity contribution < 1.29 is 0 Å². The molecule has 18 heavy (non-hydrogen) atoms. The van der Waals surface area contributed by atoms with Crippen LogP contribution in [-0.2, 0) is 13.0 Å². The Morgan fingerprint density at radius 2 is 2.00 bits per heavy atom. The van der Waals surface area contributed by atoms with Gasteiger partial charge in [0.15, 0.2) is 0 Å². The summed E-state index contributed by atoms with van der Waals surface area (Å²) in [7, 11) is 1.99. The Hall–Kier alpha value is -1.41. The van der Waals surface area contributed by atoms with Gasteiger partial charge in [-0.3, -0.25) is 4.98 Å². The highest BCUT2D eigenvalue weighted by molar-refractivity contribution is 5.85. The monoisotopic (exact) mass is 242 g/mol. The highest BCUT2D eigenvalue weighted by atomic mass is 14.8. The molecule has 96 valence electrons. The predicted octanol–water partition coefficient (Wildman–Crippen LogP) is 3.64. The van der Waals surface area contributed by atoms with Crippen LogP contribution in [0.3, 0.4) is 0 Å². The fraction of sp³-hybridized carbons (Fsp3) is 0.438. The van der Waals surface area contributed by atoms with Crippen LogP contribution < -0.4 is 5.32 Å². The Bertz CT molecular complexity index is 544. The van der Waals surface area contributed by atoms with Gasteiger partial charge in [0.1, 0.15) is 0 Å². The van der Waals surface area contributed by atoms with Crippen molar-refractivity contribution in [2.75, 3.05) is 7.05 Å². The summed E-state index contributed by atoms with van der Waals surface area (Å²) in [5, 5.41) is 4.54. The van der Waals surface area contributed by atoms with Crippen LogP contribution in [0.2, 0.25) is 0 Å². The molecule has 0 saturated heterocycles. The SMILES string of the molecule is CCc1cccc2c(CNC)cc(C(C)C)nc12. The molecule has 0 amide bonds. The lowest BCUT2D eigenvalue weighted by Crippen LogP contribution is -2.08. The molecule has 0 saturated carbocycles. The zero-order valence-corrected chi connectivity index (χ0v) is 11.7. The fourth-order valence-corrected chi connectivity index (χ4v) is 2.32. The quantitative estimate of drug-likeness (QED) is 0.885. The molecule has 2 nitrogen and oxygen atoms in total. The van der Waals surface area contributed by atoms with Gasteiger partial charge in [0, 0.05) is 17.6 Å². The zero-order valence-electron chi connectivity index (χ0n) is 11.7. The van der Waals surface area contributed by atoms with Crippen molar-refractivity contribution in [1.82, 2.24) is 10.3 Å². The number of nitrogens with zero attached hydrogens (tertiary/aromatic N) is 1. The summed E-state index contributed by atoms with van der Waals surface area (Å²) >= 11 is 0. The molecule has 1 aromatic carbocycles. The molecule has 0 spiro atoms. The van der Waals surface area contributed by atoms with Gasteiger partial charge in [-0.1, -0.05) is 39.0 Å². The average molecular weight is 242 g/mol. The number of hydrogen-bond acceptors (Lipinski definition) is 2. The number of hydrogen-bond donors (Lipinski definition) is 1. The number of aromatic nitrogens is 1. The first-order chi connectivity index (χ1) is 8.67. The van der Waals surface area contributed by atoms with Gasteiger partial charge < -0.3 is 5.32 Å². The number of nitrogens with one attached hydrogen (secondary N) is 1. The maximum atomic E-state index is 4.86. The number of aryl methyl sites for hydroxylation is 1. The maximum absolute atomic E-state index is 4.86. The Morgan fingerprint density at radius 3 is 2.61 bits per heavy atom. The van der Waals surface area contributed by atoms with Crippen molar-refractivity contribution >= 4 is 10.9 Å². The van der Waals surface area contributed by atoms with E-state index in [2.05, 4.69) is 50.4 Å². The molecule has 0 atom stereocenters. The van der Waals surface area contributed by atoms with Crippen LogP contribution in [0.1, 0.15) is 43.5 Å². The highest BCUT2D eigenvalue weighted by Crippen LogP contribution is 2.25. The molecular formula is C16H22N2. The molecule has 2 aromatic rings. The lowest BCUT2D eigenvalue weighted by Gasteiger charge is -2.13. The molecule has 0 radical (unpaired) electrons. The summed E-state index contributed by atoms with van der Waals surface area (Å²) in [5.41, 5.74) is 5.05. The fourth-order valence-electron chi connectivity index (χ4n) is 2.32. The van der Waals surface area contributed by atoms with Crippen LogP contribution in [0.15, 0.2) is 24.3 Å². The predicted molar refractivity (Wildman–Crippen MR) is 78.0 cm³/mol. The second-order valence-electron chi connectivity index (χ2n) is 5.06. The number of rotatable bonds is 4. The Balaban J connectivity index is 2.72. The molecule has 0 bridgehead atoms. The van der Waals surface area contributed by atoms with Crippen molar-refractivity contribution in [3.63, 3.8) is 0 Å². The summed E-state index contributed by atoms with van der Waals surface area (Å²) in [4.78, 5) is 4.86. The maximum Gasteiger partial charge on any atom is 0.0740 e. The summed E-state index contributed by atoms with van der Waals surface area (Å²) in [6, 6.07) is 8.74. The minimum absolute atomic E-state index is 0.468. The number of fused-ring (bicyclic) bond motifs is 1. The van der Waals surface area contributed by atoms with Gasteiger partial charge in [-0.25, -0.2) is 0 Å². The molecule has 0 aliphatic carbocycles. The van der Waals surface area contributed by atoms with E-state index in [1.807, 2.05) is 7.05 Å². The van der Waals surface area contributed by atoms with Gasteiger partial charge in [-0.15, -0.1) is 0 Å². The third kappa shape index (κ3) is 2.39. The van der Waals surface area contributed by atoms with E-state index >= 15 is 0 Å². The third-order valence-corrected chi connectivity index (χ3v) is 3.37. The number of benzene rings is 1. The second kappa shape index (κ2) is 5.49. The molecule has 1 heterocycles. The first-order valence-electron chi connectivity index (χ1n) is 6.73. The van der Waals surface area contributed by atoms with Gasteiger partial charge in [-0.05, 0) is 36.6 Å². The topological polar surface area (TPSA) is 24.9 Å². The molecule has 2 rings (SSSR count). The normalized spacial score (nSPS) is 11.4. The lowest BCUT2D eigenvalue weighted by molar-refractivity contribution is 0.798. The molecule has 2 heteroatoms. The lowest BCUT2D eigenvalue weighted by atomic mass is 9.99. The molecule has 0 aliphatic heterocycles. The van der Waals surface area contributed by atoms with Crippen molar-refractivity contribution in [3.05, 3.63) is 41.1 Å². The summed E-state index contributed by atoms with van der Waals surface area (Å²) in [5.74, 6) is 0.468. The van der Waals surface area contributed by atoms with Crippen LogP contribution in [0.5, 0.6) is 0 Å². The van der Waals surface area contributed by atoms with Crippen molar-refractivity contribution in [3.8, 4) is 0 Å². The van der Waals surface area contributed by atoms with Gasteiger partial charge in [-0.2, -0.15) is 0 Å². The number of para-hydroxylation sites is 1. The van der Waals surface area contributed by atoms with E-state index in [-0.39, 0.29) is 0 Å². The summed E-state index contributed by atoms with van der Waals surface area (Å²) < 4.78 is 0. The largest absolute Gasteiger partial charge is 0.316 e. The van der Waals surface area contributed by atoms with E-state index in [0.29, 0.717) is 5.92 Å². The van der Waals surface area contributed by atoms with E-state index in [4.69, 9.17) is 4.98 Å². The summed E-state index contributed by atoms with van der Waals surface area (Å²) in [6.07, 6.45) is 1.03. The van der Waals surface area contributed by atoms with Crippen LogP contribution in [0.4, 0.5) is 0 Å². The van der Waals surface area contributed by atoms with E-state index in [0.717, 1.165) is 13.0 Å². The summed E-state index contributed by atoms with van der Waals surface area (Å²) in [6.45, 7) is 7.49.